The maximum atomic E-state index is 12.2. The Morgan fingerprint density at radius 2 is 2.20 bits per heavy atom. The molecule has 0 saturated heterocycles. The van der Waals surface area contributed by atoms with Crippen molar-refractivity contribution in [1.29, 1.82) is 0 Å². The van der Waals surface area contributed by atoms with Crippen LogP contribution >= 0.6 is 0 Å². The predicted octanol–water partition coefficient (Wildman–Crippen LogP) is 1.37. The van der Waals surface area contributed by atoms with Crippen LogP contribution in [-0.2, 0) is 13.5 Å². The first-order chi connectivity index (χ1) is 9.15. The molecule has 1 heterocycles. The van der Waals surface area contributed by atoms with Crippen LogP contribution in [-0.4, -0.2) is 51.7 Å². The van der Waals surface area contributed by atoms with Gasteiger partial charge in [0.15, 0.2) is 6.10 Å². The summed E-state index contributed by atoms with van der Waals surface area (Å²) in [6.45, 7) is 1.05. The third-order valence-electron chi connectivity index (χ3n) is 2.70. The van der Waals surface area contributed by atoms with Crippen molar-refractivity contribution >= 4 is 11.8 Å². The Hall–Kier alpha value is -1.77. The van der Waals surface area contributed by atoms with E-state index in [1.807, 2.05) is 6.92 Å². The summed E-state index contributed by atoms with van der Waals surface area (Å²) in [6.07, 6.45) is -6.65. The van der Waals surface area contributed by atoms with E-state index in [2.05, 4.69) is 10.4 Å². The molecule has 2 amide bonds. The summed E-state index contributed by atoms with van der Waals surface area (Å²) in [5, 5.41) is 15.4. The van der Waals surface area contributed by atoms with Crippen molar-refractivity contribution in [1.82, 2.24) is 14.7 Å². The van der Waals surface area contributed by atoms with E-state index in [1.54, 1.807) is 13.1 Å². The van der Waals surface area contributed by atoms with Gasteiger partial charge in [0.1, 0.15) is 5.82 Å². The van der Waals surface area contributed by atoms with Gasteiger partial charge in [-0.2, -0.15) is 18.3 Å². The molecule has 0 aromatic carbocycles. The maximum Gasteiger partial charge on any atom is 0.416 e. The standard InChI is InChI=1S/C11H17F3N4O2/c1-4-7-5-9(18(3)16-7)15-10(20)17(2)6-8(19)11(12,13)14/h5,8,19H,4,6H2,1-3H3,(H,15,20). The highest BCUT2D eigenvalue weighted by Gasteiger charge is 2.39. The largest absolute Gasteiger partial charge is 0.416 e. The minimum Gasteiger partial charge on any atom is -0.382 e. The van der Waals surface area contributed by atoms with Gasteiger partial charge >= 0.3 is 12.2 Å². The fourth-order valence-corrected chi connectivity index (χ4v) is 1.47. The van der Waals surface area contributed by atoms with Crippen molar-refractivity contribution in [2.75, 3.05) is 18.9 Å². The molecule has 1 aromatic rings. The van der Waals surface area contributed by atoms with Gasteiger partial charge in [-0.15, -0.1) is 0 Å². The lowest BCUT2D eigenvalue weighted by Gasteiger charge is -2.22. The van der Waals surface area contributed by atoms with E-state index < -0.39 is 24.9 Å². The fraction of sp³-hybridized carbons (Fsp3) is 0.636. The lowest BCUT2D eigenvalue weighted by atomic mass is 10.3. The van der Waals surface area contributed by atoms with Gasteiger partial charge < -0.3 is 10.0 Å². The van der Waals surface area contributed by atoms with Gasteiger partial charge in [-0.1, -0.05) is 6.92 Å². The SMILES string of the molecule is CCc1cc(NC(=O)N(C)CC(O)C(F)(F)F)n(C)n1. The fourth-order valence-electron chi connectivity index (χ4n) is 1.47. The van der Waals surface area contributed by atoms with Gasteiger partial charge in [0.05, 0.1) is 12.2 Å². The second-order valence-corrected chi connectivity index (χ2v) is 4.37. The number of nitrogens with one attached hydrogen (secondary N) is 1. The van der Waals surface area contributed by atoms with E-state index in [4.69, 9.17) is 5.11 Å². The molecule has 6 nitrogen and oxygen atoms in total. The van der Waals surface area contributed by atoms with Crippen LogP contribution in [0.5, 0.6) is 0 Å². The number of carbonyl (C=O) groups is 1. The summed E-state index contributed by atoms with van der Waals surface area (Å²) < 4.78 is 38.0. The number of hydrogen-bond acceptors (Lipinski definition) is 3. The molecule has 114 valence electrons. The highest BCUT2D eigenvalue weighted by Crippen LogP contribution is 2.20. The molecule has 1 rings (SSSR count). The Labute approximate surface area is 114 Å². The molecule has 1 aromatic heterocycles. The minimum atomic E-state index is -4.75. The zero-order valence-corrected chi connectivity index (χ0v) is 11.4. The van der Waals surface area contributed by atoms with E-state index in [-0.39, 0.29) is 0 Å². The van der Waals surface area contributed by atoms with Crippen molar-refractivity contribution in [2.24, 2.45) is 7.05 Å². The summed E-state index contributed by atoms with van der Waals surface area (Å²) in [6, 6.07) is 0.880. The Morgan fingerprint density at radius 3 is 2.65 bits per heavy atom. The molecule has 0 spiro atoms. The number of carbonyl (C=O) groups excluding carboxylic acids is 1. The van der Waals surface area contributed by atoms with Crippen molar-refractivity contribution in [3.8, 4) is 0 Å². The van der Waals surface area contributed by atoms with Crippen molar-refractivity contribution < 1.29 is 23.1 Å². The lowest BCUT2D eigenvalue weighted by Crippen LogP contribution is -2.43. The van der Waals surface area contributed by atoms with Crippen molar-refractivity contribution in [2.45, 2.75) is 25.6 Å². The number of urea groups is 1. The van der Waals surface area contributed by atoms with E-state index in [0.29, 0.717) is 12.2 Å². The zero-order valence-electron chi connectivity index (χ0n) is 11.4. The maximum absolute atomic E-state index is 12.2. The summed E-state index contributed by atoms with van der Waals surface area (Å²) in [5.41, 5.74) is 0.751. The number of halogens is 3. The second kappa shape index (κ2) is 6.12. The molecule has 0 radical (unpaired) electrons. The molecular weight excluding hydrogens is 277 g/mol. The van der Waals surface area contributed by atoms with Crippen molar-refractivity contribution in [3.63, 3.8) is 0 Å². The van der Waals surface area contributed by atoms with Gasteiger partial charge in [0.25, 0.3) is 0 Å². The summed E-state index contributed by atoms with van der Waals surface area (Å²) in [7, 11) is 2.78. The number of aliphatic hydroxyl groups is 1. The number of amides is 2. The van der Waals surface area contributed by atoms with E-state index in [9.17, 15) is 18.0 Å². The number of alkyl halides is 3. The predicted molar refractivity (Wildman–Crippen MR) is 66.3 cm³/mol. The summed E-state index contributed by atoms with van der Waals surface area (Å²) in [5.74, 6) is 0.375. The molecule has 0 aliphatic heterocycles. The number of likely N-dealkylation sites (N-methyl/N-ethyl adjacent to an activating group) is 1. The first kappa shape index (κ1) is 16.3. The second-order valence-electron chi connectivity index (χ2n) is 4.37. The number of anilines is 1. The minimum absolute atomic E-state index is 0.375. The molecule has 1 atom stereocenters. The molecular formula is C11H17F3N4O2. The Kier molecular flexibility index (Phi) is 4.98. The van der Waals surface area contributed by atoms with Crippen LogP contribution in [0.15, 0.2) is 6.07 Å². The lowest BCUT2D eigenvalue weighted by molar-refractivity contribution is -0.205. The molecule has 0 aliphatic carbocycles. The Morgan fingerprint density at radius 1 is 1.60 bits per heavy atom. The van der Waals surface area contributed by atoms with E-state index in [0.717, 1.165) is 10.6 Å². The van der Waals surface area contributed by atoms with Crippen LogP contribution in [0.4, 0.5) is 23.8 Å². The van der Waals surface area contributed by atoms with E-state index in [1.165, 1.54) is 11.7 Å². The number of aromatic nitrogens is 2. The van der Waals surface area contributed by atoms with E-state index >= 15 is 0 Å². The highest BCUT2D eigenvalue weighted by molar-refractivity contribution is 5.88. The van der Waals surface area contributed by atoms with Crippen molar-refractivity contribution in [3.05, 3.63) is 11.8 Å². The third kappa shape index (κ3) is 4.12. The van der Waals surface area contributed by atoms with Gasteiger partial charge in [0, 0.05) is 20.2 Å². The molecule has 0 saturated carbocycles. The molecule has 0 aliphatic rings. The van der Waals surface area contributed by atoms with Crippen LogP contribution in [0, 0.1) is 0 Å². The van der Waals surface area contributed by atoms with Crippen LogP contribution in [0.25, 0.3) is 0 Å². The number of aliphatic hydroxyl groups excluding tert-OH is 1. The zero-order chi connectivity index (χ0) is 15.5. The van der Waals surface area contributed by atoms with Gasteiger partial charge in [0.2, 0.25) is 0 Å². The third-order valence-corrected chi connectivity index (χ3v) is 2.70. The molecule has 1 unspecified atom stereocenters. The van der Waals surface area contributed by atoms with Crippen LogP contribution in [0.3, 0.4) is 0 Å². The number of hydrogen-bond donors (Lipinski definition) is 2. The highest BCUT2D eigenvalue weighted by atomic mass is 19.4. The summed E-state index contributed by atoms with van der Waals surface area (Å²) in [4.78, 5) is 12.5. The van der Waals surface area contributed by atoms with Crippen LogP contribution in [0.2, 0.25) is 0 Å². The number of nitrogens with zero attached hydrogens (tertiary/aromatic N) is 3. The monoisotopic (exact) mass is 294 g/mol. The first-order valence-corrected chi connectivity index (χ1v) is 5.95. The molecule has 2 N–H and O–H groups in total. The average Bonchev–Trinajstić information content (AvgIpc) is 2.68. The molecule has 0 fully saturated rings. The number of aryl methyl sites for hydroxylation is 2. The smallest absolute Gasteiger partial charge is 0.382 e. The molecule has 20 heavy (non-hydrogen) atoms. The van der Waals surface area contributed by atoms with Crippen LogP contribution in [0.1, 0.15) is 12.6 Å². The van der Waals surface area contributed by atoms with Gasteiger partial charge in [-0.25, -0.2) is 4.79 Å². The van der Waals surface area contributed by atoms with Gasteiger partial charge in [-0.05, 0) is 6.42 Å². The normalized spacial score (nSPS) is 13.2. The van der Waals surface area contributed by atoms with Gasteiger partial charge in [-0.3, -0.25) is 10.00 Å². The molecule has 0 bridgehead atoms. The Bertz CT molecular complexity index is 473. The average molecular weight is 294 g/mol. The Balaban J connectivity index is 2.64. The summed E-state index contributed by atoms with van der Waals surface area (Å²) >= 11 is 0. The topological polar surface area (TPSA) is 70.4 Å². The number of rotatable bonds is 4. The molecule has 9 heteroatoms. The quantitative estimate of drug-likeness (QED) is 0.881. The van der Waals surface area contributed by atoms with Crippen LogP contribution < -0.4 is 5.32 Å². The first-order valence-electron chi connectivity index (χ1n) is 5.95.